The number of ether oxygens (including phenoxy) is 2. The van der Waals surface area contributed by atoms with E-state index in [9.17, 15) is 4.79 Å². The molecule has 5 nitrogen and oxygen atoms in total. The second-order valence-corrected chi connectivity index (χ2v) is 5.05. The van der Waals surface area contributed by atoms with Crippen molar-refractivity contribution in [3.63, 3.8) is 0 Å². The van der Waals surface area contributed by atoms with E-state index in [2.05, 4.69) is 10.6 Å². The smallest absolute Gasteiger partial charge is 0.251 e. The average molecular weight is 262 g/mol. The summed E-state index contributed by atoms with van der Waals surface area (Å²) in [6.45, 7) is 2.03. The molecule has 102 valence electrons. The van der Waals surface area contributed by atoms with Gasteiger partial charge in [0.05, 0.1) is 14.2 Å². The molecular formula is C14H18N2O3. The SMILES string of the molecule is COc1ccc(C(=O)NC2C3CNCC32)cc1OC. The molecule has 0 radical (unpaired) electrons. The Kier molecular flexibility index (Phi) is 3.06. The molecular weight excluding hydrogens is 244 g/mol. The lowest BCUT2D eigenvalue weighted by molar-refractivity contribution is 0.0946. The summed E-state index contributed by atoms with van der Waals surface area (Å²) in [4.78, 5) is 12.2. The predicted octanol–water partition coefficient (Wildman–Crippen LogP) is 0.651. The van der Waals surface area contributed by atoms with Gasteiger partial charge in [-0.3, -0.25) is 4.79 Å². The first-order valence-electron chi connectivity index (χ1n) is 6.48. The Balaban J connectivity index is 1.69. The molecule has 2 aliphatic rings. The number of nitrogens with one attached hydrogen (secondary N) is 2. The quantitative estimate of drug-likeness (QED) is 0.836. The van der Waals surface area contributed by atoms with Crippen LogP contribution >= 0.6 is 0 Å². The summed E-state index contributed by atoms with van der Waals surface area (Å²) < 4.78 is 10.4. The van der Waals surface area contributed by atoms with Gasteiger partial charge in [0.1, 0.15) is 0 Å². The van der Waals surface area contributed by atoms with E-state index in [4.69, 9.17) is 9.47 Å². The highest BCUT2D eigenvalue weighted by atomic mass is 16.5. The number of carbonyl (C=O) groups is 1. The average Bonchev–Trinajstić information content (AvgIpc) is 2.89. The number of benzene rings is 1. The van der Waals surface area contributed by atoms with E-state index in [1.807, 2.05) is 0 Å². The zero-order chi connectivity index (χ0) is 13.4. The van der Waals surface area contributed by atoms with Crippen molar-refractivity contribution in [1.29, 1.82) is 0 Å². The molecule has 1 amide bonds. The summed E-state index contributed by atoms with van der Waals surface area (Å²) in [6.07, 6.45) is 0. The summed E-state index contributed by atoms with van der Waals surface area (Å²) in [5.41, 5.74) is 0.607. The number of hydrogen-bond acceptors (Lipinski definition) is 4. The Morgan fingerprint density at radius 3 is 2.53 bits per heavy atom. The maximum atomic E-state index is 12.2. The Morgan fingerprint density at radius 2 is 1.89 bits per heavy atom. The van der Waals surface area contributed by atoms with Crippen LogP contribution in [0.15, 0.2) is 18.2 Å². The molecule has 2 atom stereocenters. The maximum absolute atomic E-state index is 12.2. The van der Waals surface area contributed by atoms with Gasteiger partial charge in [0.15, 0.2) is 11.5 Å². The van der Waals surface area contributed by atoms with Crippen molar-refractivity contribution in [2.45, 2.75) is 6.04 Å². The van der Waals surface area contributed by atoms with Crippen LogP contribution in [-0.4, -0.2) is 39.3 Å². The van der Waals surface area contributed by atoms with E-state index >= 15 is 0 Å². The van der Waals surface area contributed by atoms with Crippen LogP contribution in [0.2, 0.25) is 0 Å². The first-order valence-corrected chi connectivity index (χ1v) is 6.48. The molecule has 1 aromatic carbocycles. The fourth-order valence-corrected chi connectivity index (χ4v) is 2.84. The molecule has 1 saturated heterocycles. The molecule has 0 bridgehead atoms. The topological polar surface area (TPSA) is 59.6 Å². The van der Waals surface area contributed by atoms with Gasteiger partial charge in [0.25, 0.3) is 5.91 Å². The molecule has 1 saturated carbocycles. The Hall–Kier alpha value is -1.75. The van der Waals surface area contributed by atoms with E-state index in [1.165, 1.54) is 0 Å². The predicted molar refractivity (Wildman–Crippen MR) is 70.6 cm³/mol. The fourth-order valence-electron chi connectivity index (χ4n) is 2.84. The van der Waals surface area contributed by atoms with Crippen molar-refractivity contribution in [2.75, 3.05) is 27.3 Å². The Bertz CT molecular complexity index is 493. The molecule has 2 fully saturated rings. The number of amides is 1. The van der Waals surface area contributed by atoms with Gasteiger partial charge >= 0.3 is 0 Å². The fraction of sp³-hybridized carbons (Fsp3) is 0.500. The minimum Gasteiger partial charge on any atom is -0.493 e. The number of rotatable bonds is 4. The van der Waals surface area contributed by atoms with E-state index < -0.39 is 0 Å². The highest BCUT2D eigenvalue weighted by Crippen LogP contribution is 2.41. The molecule has 1 aliphatic carbocycles. The lowest BCUT2D eigenvalue weighted by Gasteiger charge is -2.11. The molecule has 1 aromatic rings. The van der Waals surface area contributed by atoms with Gasteiger partial charge in [-0.25, -0.2) is 0 Å². The van der Waals surface area contributed by atoms with Crippen LogP contribution in [0.3, 0.4) is 0 Å². The number of methoxy groups -OCH3 is 2. The standard InChI is InChI=1S/C14H18N2O3/c1-18-11-4-3-8(5-12(11)19-2)14(17)16-13-9-6-15-7-10(9)13/h3-5,9-10,13,15H,6-7H2,1-2H3,(H,16,17). The summed E-state index contributed by atoms with van der Waals surface area (Å²) in [6, 6.07) is 5.56. The van der Waals surface area contributed by atoms with Crippen LogP contribution in [0.1, 0.15) is 10.4 Å². The number of hydrogen-bond donors (Lipinski definition) is 2. The normalized spacial score (nSPS) is 27.6. The third kappa shape index (κ3) is 2.14. The first-order chi connectivity index (χ1) is 9.24. The molecule has 0 aromatic heterocycles. The monoisotopic (exact) mass is 262 g/mol. The number of piperidine rings is 1. The van der Waals surface area contributed by atoms with Crippen molar-refractivity contribution in [2.24, 2.45) is 11.8 Å². The second-order valence-electron chi connectivity index (χ2n) is 5.05. The third-order valence-corrected chi connectivity index (χ3v) is 4.04. The van der Waals surface area contributed by atoms with E-state index in [0.29, 0.717) is 34.9 Å². The van der Waals surface area contributed by atoms with E-state index in [0.717, 1.165) is 13.1 Å². The van der Waals surface area contributed by atoms with Gasteiger partial charge in [-0.1, -0.05) is 0 Å². The van der Waals surface area contributed by atoms with Gasteiger partial charge in [0.2, 0.25) is 0 Å². The highest BCUT2D eigenvalue weighted by Gasteiger charge is 2.53. The number of carbonyl (C=O) groups excluding carboxylic acids is 1. The van der Waals surface area contributed by atoms with E-state index in [1.54, 1.807) is 32.4 Å². The lowest BCUT2D eigenvalue weighted by atomic mass is 10.2. The first kappa shape index (κ1) is 12.3. The summed E-state index contributed by atoms with van der Waals surface area (Å²) in [5.74, 6) is 2.40. The second kappa shape index (κ2) is 4.74. The zero-order valence-corrected chi connectivity index (χ0v) is 11.1. The Labute approximate surface area is 112 Å². The van der Waals surface area contributed by atoms with Gasteiger partial charge in [-0.05, 0) is 30.0 Å². The van der Waals surface area contributed by atoms with Crippen LogP contribution in [0.25, 0.3) is 0 Å². The minimum atomic E-state index is -0.0413. The van der Waals surface area contributed by atoms with E-state index in [-0.39, 0.29) is 5.91 Å². The molecule has 2 unspecified atom stereocenters. The third-order valence-electron chi connectivity index (χ3n) is 4.04. The van der Waals surface area contributed by atoms with Crippen molar-refractivity contribution in [1.82, 2.24) is 10.6 Å². The van der Waals surface area contributed by atoms with Crippen LogP contribution < -0.4 is 20.1 Å². The maximum Gasteiger partial charge on any atom is 0.251 e. The minimum absolute atomic E-state index is 0.0413. The molecule has 1 heterocycles. The molecule has 1 aliphatic heterocycles. The van der Waals surface area contributed by atoms with Crippen molar-refractivity contribution in [3.8, 4) is 11.5 Å². The van der Waals surface area contributed by atoms with Gasteiger partial charge < -0.3 is 20.1 Å². The summed E-state index contributed by atoms with van der Waals surface area (Å²) >= 11 is 0. The number of fused-ring (bicyclic) bond motifs is 1. The molecule has 5 heteroatoms. The zero-order valence-electron chi connectivity index (χ0n) is 11.1. The van der Waals surface area contributed by atoms with Crippen LogP contribution in [0.5, 0.6) is 11.5 Å². The van der Waals surface area contributed by atoms with Crippen molar-refractivity contribution >= 4 is 5.91 Å². The van der Waals surface area contributed by atoms with Crippen LogP contribution in [0, 0.1) is 11.8 Å². The molecule has 2 N–H and O–H groups in total. The molecule has 19 heavy (non-hydrogen) atoms. The van der Waals surface area contributed by atoms with Crippen LogP contribution in [0.4, 0.5) is 0 Å². The molecule has 3 rings (SSSR count). The van der Waals surface area contributed by atoms with Gasteiger partial charge in [0, 0.05) is 24.7 Å². The highest BCUT2D eigenvalue weighted by molar-refractivity contribution is 5.95. The lowest BCUT2D eigenvalue weighted by Crippen LogP contribution is -2.32. The largest absolute Gasteiger partial charge is 0.493 e. The van der Waals surface area contributed by atoms with Crippen molar-refractivity contribution in [3.05, 3.63) is 23.8 Å². The Morgan fingerprint density at radius 1 is 1.21 bits per heavy atom. The van der Waals surface area contributed by atoms with Crippen molar-refractivity contribution < 1.29 is 14.3 Å². The van der Waals surface area contributed by atoms with Gasteiger partial charge in [-0.2, -0.15) is 0 Å². The van der Waals surface area contributed by atoms with Crippen LogP contribution in [-0.2, 0) is 0 Å². The summed E-state index contributed by atoms with van der Waals surface area (Å²) in [7, 11) is 3.15. The molecule has 0 spiro atoms. The van der Waals surface area contributed by atoms with Gasteiger partial charge in [-0.15, -0.1) is 0 Å². The summed E-state index contributed by atoms with van der Waals surface area (Å²) in [5, 5.41) is 6.40.